The lowest BCUT2D eigenvalue weighted by Crippen LogP contribution is -1.97. The molecule has 4 nitrogen and oxygen atoms in total. The normalized spacial score (nSPS) is 9.75. The van der Waals surface area contributed by atoms with Gasteiger partial charge < -0.3 is 9.30 Å². The van der Waals surface area contributed by atoms with Gasteiger partial charge in [-0.2, -0.15) is 5.26 Å². The van der Waals surface area contributed by atoms with Crippen molar-refractivity contribution in [2.45, 2.75) is 6.54 Å². The summed E-state index contributed by atoms with van der Waals surface area (Å²) >= 11 is 0. The molecule has 0 saturated heterocycles. The molecule has 1 aromatic heterocycles. The number of benzene rings is 1. The molecule has 0 bridgehead atoms. The molecule has 0 atom stereocenters. The highest BCUT2D eigenvalue weighted by molar-refractivity contribution is 5.45. The maximum atomic E-state index is 8.85. The van der Waals surface area contributed by atoms with E-state index in [0.29, 0.717) is 11.3 Å². The molecular formula is C12H11N3O. The second-order valence-electron chi connectivity index (χ2n) is 3.38. The third-order valence-electron chi connectivity index (χ3n) is 2.31. The van der Waals surface area contributed by atoms with Gasteiger partial charge in [-0.3, -0.25) is 0 Å². The number of hydrogen-bond donors (Lipinski definition) is 0. The molecule has 16 heavy (non-hydrogen) atoms. The zero-order valence-electron chi connectivity index (χ0n) is 8.92. The monoisotopic (exact) mass is 213 g/mol. The fraction of sp³-hybridized carbons (Fsp3) is 0.167. The fourth-order valence-electron chi connectivity index (χ4n) is 1.52. The van der Waals surface area contributed by atoms with E-state index < -0.39 is 0 Å². The summed E-state index contributed by atoms with van der Waals surface area (Å²) in [6, 6.07) is 7.65. The van der Waals surface area contributed by atoms with Gasteiger partial charge in [0, 0.05) is 18.9 Å². The van der Waals surface area contributed by atoms with Crippen LogP contribution in [0.4, 0.5) is 0 Å². The molecule has 2 aromatic rings. The molecule has 0 radical (unpaired) electrons. The van der Waals surface area contributed by atoms with Crippen LogP contribution in [0.2, 0.25) is 0 Å². The first kappa shape index (κ1) is 10.2. The molecule has 0 N–H and O–H groups in total. The summed E-state index contributed by atoms with van der Waals surface area (Å²) in [5.74, 6) is 0.611. The molecule has 0 saturated carbocycles. The molecule has 0 amide bonds. The predicted molar refractivity (Wildman–Crippen MR) is 59.0 cm³/mol. The van der Waals surface area contributed by atoms with Crippen LogP contribution in [-0.2, 0) is 6.54 Å². The Morgan fingerprint density at radius 2 is 2.38 bits per heavy atom. The Balaban J connectivity index is 2.27. The molecule has 0 unspecified atom stereocenters. The van der Waals surface area contributed by atoms with E-state index in [1.54, 1.807) is 25.7 Å². The van der Waals surface area contributed by atoms with Gasteiger partial charge >= 0.3 is 0 Å². The van der Waals surface area contributed by atoms with Crippen molar-refractivity contribution in [1.82, 2.24) is 9.55 Å². The van der Waals surface area contributed by atoms with Crippen molar-refractivity contribution in [3.63, 3.8) is 0 Å². The summed E-state index contributed by atoms with van der Waals surface area (Å²) in [6.45, 7) is 0.724. The number of rotatable bonds is 3. The van der Waals surface area contributed by atoms with Gasteiger partial charge in [0.2, 0.25) is 0 Å². The van der Waals surface area contributed by atoms with Gasteiger partial charge in [-0.15, -0.1) is 0 Å². The fourth-order valence-corrected chi connectivity index (χ4v) is 1.52. The Hall–Kier alpha value is -2.28. The Kier molecular flexibility index (Phi) is 2.88. The van der Waals surface area contributed by atoms with Crippen LogP contribution in [0.25, 0.3) is 0 Å². The first-order chi connectivity index (χ1) is 7.83. The highest BCUT2D eigenvalue weighted by Crippen LogP contribution is 2.19. The van der Waals surface area contributed by atoms with Gasteiger partial charge in [0.25, 0.3) is 0 Å². The Morgan fingerprint density at radius 3 is 3.00 bits per heavy atom. The van der Waals surface area contributed by atoms with E-state index in [9.17, 15) is 0 Å². The van der Waals surface area contributed by atoms with Gasteiger partial charge in [-0.25, -0.2) is 4.98 Å². The molecule has 4 heteroatoms. The van der Waals surface area contributed by atoms with E-state index in [2.05, 4.69) is 11.1 Å². The lowest BCUT2D eigenvalue weighted by Gasteiger charge is -2.06. The first-order valence-corrected chi connectivity index (χ1v) is 4.86. The van der Waals surface area contributed by atoms with E-state index in [1.165, 1.54) is 0 Å². The van der Waals surface area contributed by atoms with E-state index in [1.807, 2.05) is 22.9 Å². The Labute approximate surface area is 93.7 Å². The smallest absolute Gasteiger partial charge is 0.136 e. The van der Waals surface area contributed by atoms with Crippen molar-refractivity contribution >= 4 is 0 Å². The molecule has 0 fully saturated rings. The van der Waals surface area contributed by atoms with Crippen LogP contribution in [0, 0.1) is 11.3 Å². The lowest BCUT2D eigenvalue weighted by molar-refractivity contribution is 0.413. The zero-order chi connectivity index (χ0) is 11.4. The Bertz CT molecular complexity index is 512. The minimum atomic E-state index is 0.553. The number of aromatic nitrogens is 2. The van der Waals surface area contributed by atoms with Crippen LogP contribution in [0.1, 0.15) is 11.1 Å². The average molecular weight is 213 g/mol. The standard InChI is InChI=1S/C12H11N3O/c1-16-12-6-10(2-3-11(12)7-13)8-15-5-4-14-9-15/h2-6,9H,8H2,1H3. The number of methoxy groups -OCH3 is 1. The highest BCUT2D eigenvalue weighted by atomic mass is 16.5. The molecule has 0 aliphatic rings. The van der Waals surface area contributed by atoms with Gasteiger partial charge in [-0.1, -0.05) is 6.07 Å². The van der Waals surface area contributed by atoms with E-state index in [4.69, 9.17) is 10.00 Å². The summed E-state index contributed by atoms with van der Waals surface area (Å²) in [5, 5.41) is 8.85. The molecular weight excluding hydrogens is 202 g/mol. The summed E-state index contributed by atoms with van der Waals surface area (Å²) in [5.41, 5.74) is 1.63. The van der Waals surface area contributed by atoms with Gasteiger partial charge in [0.05, 0.1) is 19.0 Å². The summed E-state index contributed by atoms with van der Waals surface area (Å²) in [7, 11) is 1.57. The zero-order valence-corrected chi connectivity index (χ0v) is 8.92. The van der Waals surface area contributed by atoms with Crippen LogP contribution in [0.5, 0.6) is 5.75 Å². The summed E-state index contributed by atoms with van der Waals surface area (Å²) in [4.78, 5) is 3.97. The highest BCUT2D eigenvalue weighted by Gasteiger charge is 2.03. The molecule has 0 spiro atoms. The first-order valence-electron chi connectivity index (χ1n) is 4.86. The van der Waals surface area contributed by atoms with E-state index in [0.717, 1.165) is 12.1 Å². The van der Waals surface area contributed by atoms with Gasteiger partial charge in [-0.05, 0) is 17.7 Å². The minimum Gasteiger partial charge on any atom is -0.495 e. The molecule has 0 aliphatic carbocycles. The predicted octanol–water partition coefficient (Wildman–Crippen LogP) is 1.81. The average Bonchev–Trinajstić information content (AvgIpc) is 2.81. The van der Waals surface area contributed by atoms with Crippen LogP contribution >= 0.6 is 0 Å². The van der Waals surface area contributed by atoms with Crippen LogP contribution < -0.4 is 4.74 Å². The maximum Gasteiger partial charge on any atom is 0.136 e. The molecule has 0 aliphatic heterocycles. The SMILES string of the molecule is COc1cc(Cn2ccnc2)ccc1C#N. The van der Waals surface area contributed by atoms with Gasteiger partial charge in [0.1, 0.15) is 11.8 Å². The van der Waals surface area contributed by atoms with E-state index in [-0.39, 0.29) is 0 Å². The molecule has 2 rings (SSSR count). The quantitative estimate of drug-likeness (QED) is 0.781. The summed E-state index contributed by atoms with van der Waals surface area (Å²) in [6.07, 6.45) is 5.39. The summed E-state index contributed by atoms with van der Waals surface area (Å²) < 4.78 is 7.11. The second kappa shape index (κ2) is 4.49. The number of nitriles is 1. The topological polar surface area (TPSA) is 50.8 Å². The second-order valence-corrected chi connectivity index (χ2v) is 3.38. The minimum absolute atomic E-state index is 0.553. The van der Waals surface area contributed by atoms with E-state index >= 15 is 0 Å². The third-order valence-corrected chi connectivity index (χ3v) is 2.31. The van der Waals surface area contributed by atoms with Crippen molar-refractivity contribution in [3.05, 3.63) is 48.0 Å². The molecule has 1 aromatic carbocycles. The van der Waals surface area contributed by atoms with Gasteiger partial charge in [0.15, 0.2) is 0 Å². The number of nitrogens with zero attached hydrogens (tertiary/aromatic N) is 3. The van der Waals surface area contributed by atoms with Crippen LogP contribution in [0.15, 0.2) is 36.9 Å². The van der Waals surface area contributed by atoms with Crippen molar-refractivity contribution in [2.24, 2.45) is 0 Å². The largest absolute Gasteiger partial charge is 0.495 e. The molecule has 80 valence electrons. The Morgan fingerprint density at radius 1 is 1.50 bits per heavy atom. The number of hydrogen-bond acceptors (Lipinski definition) is 3. The number of imidazole rings is 1. The maximum absolute atomic E-state index is 8.85. The van der Waals surface area contributed by atoms with Crippen molar-refractivity contribution in [3.8, 4) is 11.8 Å². The van der Waals surface area contributed by atoms with Crippen LogP contribution in [-0.4, -0.2) is 16.7 Å². The third kappa shape index (κ3) is 2.04. The lowest BCUT2D eigenvalue weighted by atomic mass is 10.1. The van der Waals surface area contributed by atoms with Crippen molar-refractivity contribution < 1.29 is 4.74 Å². The van der Waals surface area contributed by atoms with Crippen molar-refractivity contribution in [2.75, 3.05) is 7.11 Å². The van der Waals surface area contributed by atoms with Crippen LogP contribution in [0.3, 0.4) is 0 Å². The molecule has 1 heterocycles. The number of ether oxygens (including phenoxy) is 1. The van der Waals surface area contributed by atoms with Crippen molar-refractivity contribution in [1.29, 1.82) is 5.26 Å².